The van der Waals surface area contributed by atoms with E-state index in [0.717, 1.165) is 38.5 Å². The van der Waals surface area contributed by atoms with Gasteiger partial charge in [0.1, 0.15) is 0 Å². The molecule has 0 unspecified atom stereocenters. The number of nitrogens with two attached hydrogens (primary N) is 1. The summed E-state index contributed by atoms with van der Waals surface area (Å²) in [4.78, 5) is 12.8. The van der Waals surface area contributed by atoms with Crippen molar-refractivity contribution in [2.24, 2.45) is 5.73 Å². The highest BCUT2D eigenvalue weighted by molar-refractivity contribution is 5.92. The number of rotatable bonds is 4. The molecule has 3 aliphatic carbocycles. The lowest BCUT2D eigenvalue weighted by atomic mass is 9.86. The quantitative estimate of drug-likeness (QED) is 0.893. The Morgan fingerprint density at radius 3 is 2.24 bits per heavy atom. The van der Waals surface area contributed by atoms with Crippen LogP contribution in [-0.2, 0) is 15.7 Å². The van der Waals surface area contributed by atoms with Gasteiger partial charge in [0.25, 0.3) is 0 Å². The predicted molar refractivity (Wildman–Crippen MR) is 82.9 cm³/mol. The number of carbonyl (C=O) groups is 1. The molecule has 0 atom stereocenters. The summed E-state index contributed by atoms with van der Waals surface area (Å²) in [5.74, 6) is 0.242. The third kappa shape index (κ3) is 2.18. The molecule has 0 heterocycles. The first kappa shape index (κ1) is 13.3. The van der Waals surface area contributed by atoms with Gasteiger partial charge in [-0.25, -0.2) is 0 Å². The van der Waals surface area contributed by atoms with Crippen molar-refractivity contribution in [1.29, 1.82) is 0 Å². The maximum absolute atomic E-state index is 12.8. The van der Waals surface area contributed by atoms with Crippen LogP contribution in [0.3, 0.4) is 0 Å². The average Bonchev–Trinajstić information content (AvgIpc) is 3.40. The van der Waals surface area contributed by atoms with Gasteiger partial charge in [0, 0.05) is 11.6 Å². The van der Waals surface area contributed by atoms with E-state index in [1.165, 1.54) is 24.0 Å². The summed E-state index contributed by atoms with van der Waals surface area (Å²) in [6.45, 7) is 0. The number of nitrogens with one attached hydrogen (secondary N) is 1. The zero-order valence-electron chi connectivity index (χ0n) is 12.5. The van der Waals surface area contributed by atoms with Crippen LogP contribution in [0.4, 0.5) is 0 Å². The smallest absolute Gasteiger partial charge is 0.230 e. The van der Waals surface area contributed by atoms with Gasteiger partial charge in [-0.2, -0.15) is 0 Å². The third-order valence-corrected chi connectivity index (χ3v) is 5.64. The van der Waals surface area contributed by atoms with E-state index in [-0.39, 0.29) is 16.9 Å². The maximum Gasteiger partial charge on any atom is 0.230 e. The molecule has 3 heteroatoms. The summed E-state index contributed by atoms with van der Waals surface area (Å²) < 4.78 is 0. The second-order valence-electron chi connectivity index (χ2n) is 7.24. The molecule has 3 nitrogen and oxygen atoms in total. The molecule has 3 fully saturated rings. The second-order valence-corrected chi connectivity index (χ2v) is 7.24. The Balaban J connectivity index is 1.61. The van der Waals surface area contributed by atoms with Crippen molar-refractivity contribution >= 4 is 5.91 Å². The predicted octanol–water partition coefficient (Wildman–Crippen LogP) is 2.72. The van der Waals surface area contributed by atoms with Crippen molar-refractivity contribution in [2.75, 3.05) is 0 Å². The van der Waals surface area contributed by atoms with Gasteiger partial charge in [-0.1, -0.05) is 37.1 Å². The Labute approximate surface area is 126 Å². The van der Waals surface area contributed by atoms with Crippen LogP contribution in [0.5, 0.6) is 0 Å². The van der Waals surface area contributed by atoms with E-state index in [1.807, 2.05) is 6.07 Å². The maximum atomic E-state index is 12.8. The molecule has 21 heavy (non-hydrogen) atoms. The second kappa shape index (κ2) is 4.57. The van der Waals surface area contributed by atoms with Crippen LogP contribution in [0.15, 0.2) is 24.3 Å². The normalized spacial score (nSPS) is 25.6. The van der Waals surface area contributed by atoms with Crippen molar-refractivity contribution in [1.82, 2.24) is 5.32 Å². The van der Waals surface area contributed by atoms with E-state index in [0.29, 0.717) is 6.04 Å². The lowest BCUT2D eigenvalue weighted by Gasteiger charge is -2.24. The van der Waals surface area contributed by atoms with Gasteiger partial charge in [0.2, 0.25) is 5.91 Å². The molecule has 0 aliphatic heterocycles. The molecule has 1 amide bonds. The van der Waals surface area contributed by atoms with Crippen LogP contribution in [0.2, 0.25) is 0 Å². The molecular weight excluding hydrogens is 260 g/mol. The third-order valence-electron chi connectivity index (χ3n) is 5.64. The number of hydrogen-bond donors (Lipinski definition) is 2. The van der Waals surface area contributed by atoms with E-state index >= 15 is 0 Å². The molecular formula is C18H24N2O. The molecule has 0 spiro atoms. The van der Waals surface area contributed by atoms with Crippen molar-refractivity contribution in [2.45, 2.75) is 68.4 Å². The topological polar surface area (TPSA) is 55.1 Å². The number of hydrogen-bond acceptors (Lipinski definition) is 2. The lowest BCUT2D eigenvalue weighted by Crippen LogP contribution is -2.41. The van der Waals surface area contributed by atoms with E-state index < -0.39 is 0 Å². The Morgan fingerprint density at radius 1 is 1.05 bits per heavy atom. The van der Waals surface area contributed by atoms with Gasteiger partial charge in [-0.15, -0.1) is 0 Å². The number of amides is 1. The van der Waals surface area contributed by atoms with E-state index in [2.05, 4.69) is 23.5 Å². The van der Waals surface area contributed by atoms with Crippen LogP contribution in [0, 0.1) is 0 Å². The molecule has 1 aromatic rings. The zero-order chi connectivity index (χ0) is 14.5. The van der Waals surface area contributed by atoms with Crippen LogP contribution >= 0.6 is 0 Å². The molecule has 3 saturated carbocycles. The average molecular weight is 284 g/mol. The zero-order valence-corrected chi connectivity index (χ0v) is 12.5. The summed E-state index contributed by atoms with van der Waals surface area (Å²) in [5.41, 5.74) is 8.38. The minimum Gasteiger partial charge on any atom is -0.353 e. The van der Waals surface area contributed by atoms with Gasteiger partial charge in [0.15, 0.2) is 0 Å². The fraction of sp³-hybridized carbons (Fsp3) is 0.611. The van der Waals surface area contributed by atoms with Gasteiger partial charge in [0.05, 0.1) is 5.41 Å². The summed E-state index contributed by atoms with van der Waals surface area (Å²) in [6.07, 6.45) is 8.82. The molecule has 3 N–H and O–H groups in total. The Bertz CT molecular complexity index is 566. The van der Waals surface area contributed by atoms with E-state index in [9.17, 15) is 4.79 Å². The first-order chi connectivity index (χ1) is 10.1. The van der Waals surface area contributed by atoms with Crippen molar-refractivity contribution in [3.8, 4) is 0 Å². The van der Waals surface area contributed by atoms with Gasteiger partial charge in [-0.05, 0) is 49.7 Å². The first-order valence-electron chi connectivity index (χ1n) is 8.34. The van der Waals surface area contributed by atoms with Gasteiger partial charge >= 0.3 is 0 Å². The summed E-state index contributed by atoms with van der Waals surface area (Å²) in [6, 6.07) is 8.76. The van der Waals surface area contributed by atoms with E-state index in [1.54, 1.807) is 0 Å². The minimum atomic E-state index is -0.284. The summed E-state index contributed by atoms with van der Waals surface area (Å²) >= 11 is 0. The van der Waals surface area contributed by atoms with Crippen molar-refractivity contribution in [3.05, 3.63) is 35.4 Å². The Kier molecular flexibility index (Phi) is 2.90. The van der Waals surface area contributed by atoms with E-state index in [4.69, 9.17) is 5.73 Å². The van der Waals surface area contributed by atoms with Crippen molar-refractivity contribution in [3.63, 3.8) is 0 Å². The molecule has 112 valence electrons. The standard InChI is InChI=1S/C18H24N2O/c19-18(11-12-18)15-8-4-3-7-14(15)17(9-10-17)16(21)20-13-5-1-2-6-13/h3-4,7-8,13H,1-2,5-6,9-12,19H2,(H,20,21). The molecule has 1 aromatic carbocycles. The highest BCUT2D eigenvalue weighted by atomic mass is 16.2. The monoisotopic (exact) mass is 284 g/mol. The minimum absolute atomic E-state index is 0.167. The Morgan fingerprint density at radius 2 is 1.67 bits per heavy atom. The number of carbonyl (C=O) groups excluding carboxylic acids is 1. The van der Waals surface area contributed by atoms with Crippen LogP contribution < -0.4 is 11.1 Å². The van der Waals surface area contributed by atoms with Crippen molar-refractivity contribution < 1.29 is 4.79 Å². The summed E-state index contributed by atoms with van der Waals surface area (Å²) in [7, 11) is 0. The van der Waals surface area contributed by atoms with Crippen LogP contribution in [-0.4, -0.2) is 11.9 Å². The molecule has 0 radical (unpaired) electrons. The number of benzene rings is 1. The van der Waals surface area contributed by atoms with Crippen LogP contribution in [0.1, 0.15) is 62.5 Å². The summed E-state index contributed by atoms with van der Waals surface area (Å²) in [5, 5.41) is 3.30. The first-order valence-corrected chi connectivity index (χ1v) is 8.34. The molecule has 4 rings (SSSR count). The van der Waals surface area contributed by atoms with Gasteiger partial charge < -0.3 is 11.1 Å². The van der Waals surface area contributed by atoms with Crippen LogP contribution in [0.25, 0.3) is 0 Å². The highest BCUT2D eigenvalue weighted by Gasteiger charge is 2.55. The van der Waals surface area contributed by atoms with Gasteiger partial charge in [-0.3, -0.25) is 4.79 Å². The molecule has 0 aromatic heterocycles. The Hall–Kier alpha value is -1.35. The molecule has 0 saturated heterocycles. The lowest BCUT2D eigenvalue weighted by molar-refractivity contribution is -0.124. The highest BCUT2D eigenvalue weighted by Crippen LogP contribution is 2.54. The SMILES string of the molecule is NC1(c2ccccc2C2(C(=O)NC3CCCC3)CC2)CC1. The fourth-order valence-electron chi connectivity index (χ4n) is 3.88. The molecule has 3 aliphatic rings. The fourth-order valence-corrected chi connectivity index (χ4v) is 3.88. The largest absolute Gasteiger partial charge is 0.353 e. The molecule has 0 bridgehead atoms.